The van der Waals surface area contributed by atoms with Crippen LogP contribution in [-0.4, -0.2) is 69.4 Å². The Morgan fingerprint density at radius 2 is 1.88 bits per heavy atom. The lowest BCUT2D eigenvalue weighted by Gasteiger charge is -2.27. The molecule has 1 aliphatic heterocycles. The van der Waals surface area contributed by atoms with Crippen LogP contribution in [0.5, 0.6) is 0 Å². The first-order valence-corrected chi connectivity index (χ1v) is 15.1. The SMILES string of the molecule is C=CCn1c(SCC(=O)Nc2cccc(C(=O)N3CCOCC3)c2)nnc1[C@H](NC(=O)c1ccc(Cl)cc1Cl)C(C)C. The Balaban J connectivity index is 1.43. The Morgan fingerprint density at radius 3 is 2.57 bits per heavy atom. The normalized spacial score (nSPS) is 14.0. The molecule has 0 spiro atoms. The largest absolute Gasteiger partial charge is 0.378 e. The molecule has 1 saturated heterocycles. The van der Waals surface area contributed by atoms with Gasteiger partial charge in [-0.05, 0) is 42.3 Å². The molecular weight excluding hydrogens is 599 g/mol. The summed E-state index contributed by atoms with van der Waals surface area (Å²) in [7, 11) is 0. The molecule has 42 heavy (non-hydrogen) atoms. The molecule has 0 aliphatic carbocycles. The minimum absolute atomic E-state index is 0.0404. The summed E-state index contributed by atoms with van der Waals surface area (Å²) in [6, 6.07) is 11.1. The van der Waals surface area contributed by atoms with Crippen molar-refractivity contribution in [3.63, 3.8) is 0 Å². The first-order chi connectivity index (χ1) is 20.2. The number of anilines is 1. The molecule has 0 radical (unpaired) electrons. The maximum absolute atomic E-state index is 13.1. The number of carbonyl (C=O) groups is 3. The number of thioether (sulfide) groups is 1. The van der Waals surface area contributed by atoms with Gasteiger partial charge >= 0.3 is 0 Å². The molecule has 2 N–H and O–H groups in total. The molecule has 10 nitrogen and oxygen atoms in total. The van der Waals surface area contributed by atoms with Crippen molar-refractivity contribution in [2.24, 2.45) is 5.92 Å². The summed E-state index contributed by atoms with van der Waals surface area (Å²) < 4.78 is 7.14. The summed E-state index contributed by atoms with van der Waals surface area (Å²) in [6.45, 7) is 10.2. The number of hydrogen-bond donors (Lipinski definition) is 2. The second kappa shape index (κ2) is 14.7. The molecule has 1 aliphatic rings. The van der Waals surface area contributed by atoms with Crippen LogP contribution < -0.4 is 10.6 Å². The van der Waals surface area contributed by atoms with Gasteiger partial charge in [0.25, 0.3) is 11.8 Å². The number of nitrogens with one attached hydrogen (secondary N) is 2. The second-order valence-electron chi connectivity index (χ2n) is 9.88. The third-order valence-corrected chi connectivity index (χ3v) is 8.00. The van der Waals surface area contributed by atoms with Crippen LogP contribution in [0.3, 0.4) is 0 Å². The Morgan fingerprint density at radius 1 is 1.12 bits per heavy atom. The second-order valence-corrected chi connectivity index (χ2v) is 11.7. The fourth-order valence-electron chi connectivity index (χ4n) is 4.37. The number of allylic oxidation sites excluding steroid dienone is 1. The summed E-state index contributed by atoms with van der Waals surface area (Å²) in [5.74, 6) is -0.195. The predicted molar refractivity (Wildman–Crippen MR) is 164 cm³/mol. The van der Waals surface area contributed by atoms with Crippen LogP contribution in [0.15, 0.2) is 60.3 Å². The Labute approximate surface area is 258 Å². The van der Waals surface area contributed by atoms with Gasteiger partial charge in [-0.25, -0.2) is 0 Å². The molecule has 3 amide bonds. The van der Waals surface area contributed by atoms with Gasteiger partial charge in [-0.1, -0.05) is 61.0 Å². The highest BCUT2D eigenvalue weighted by Gasteiger charge is 2.27. The van der Waals surface area contributed by atoms with Crippen molar-refractivity contribution >= 4 is 58.4 Å². The number of hydrogen-bond acceptors (Lipinski definition) is 7. The smallest absolute Gasteiger partial charge is 0.254 e. The van der Waals surface area contributed by atoms with E-state index in [1.165, 1.54) is 17.8 Å². The van der Waals surface area contributed by atoms with Gasteiger partial charge in [0.1, 0.15) is 0 Å². The summed E-state index contributed by atoms with van der Waals surface area (Å²) in [4.78, 5) is 40.5. The van der Waals surface area contributed by atoms with E-state index >= 15 is 0 Å². The number of aromatic nitrogens is 3. The molecule has 3 aromatic rings. The molecular formula is C29H32Cl2N6O4S. The van der Waals surface area contributed by atoms with E-state index in [0.717, 1.165) is 0 Å². The van der Waals surface area contributed by atoms with Crippen LogP contribution in [0.1, 0.15) is 46.4 Å². The number of amides is 3. The molecule has 0 saturated carbocycles. The van der Waals surface area contributed by atoms with E-state index in [4.69, 9.17) is 27.9 Å². The van der Waals surface area contributed by atoms with Gasteiger partial charge in [-0.3, -0.25) is 14.4 Å². The van der Waals surface area contributed by atoms with Gasteiger partial charge in [0.2, 0.25) is 5.91 Å². The van der Waals surface area contributed by atoms with Crippen molar-refractivity contribution in [2.45, 2.75) is 31.6 Å². The van der Waals surface area contributed by atoms with Gasteiger partial charge in [0.05, 0.1) is 35.6 Å². The lowest BCUT2D eigenvalue weighted by atomic mass is 10.0. The van der Waals surface area contributed by atoms with Gasteiger partial charge in [0, 0.05) is 35.9 Å². The zero-order valence-corrected chi connectivity index (χ0v) is 25.6. The summed E-state index contributed by atoms with van der Waals surface area (Å²) >= 11 is 13.4. The first kappa shape index (κ1) is 31.6. The van der Waals surface area contributed by atoms with Crippen molar-refractivity contribution in [3.8, 4) is 0 Å². The Bertz CT molecular complexity index is 1460. The van der Waals surface area contributed by atoms with E-state index in [9.17, 15) is 14.4 Å². The molecule has 1 atom stereocenters. The van der Waals surface area contributed by atoms with Gasteiger partial charge in [-0.2, -0.15) is 0 Å². The molecule has 13 heteroatoms. The fourth-order valence-corrected chi connectivity index (χ4v) is 5.61. The average Bonchev–Trinajstić information content (AvgIpc) is 3.36. The van der Waals surface area contributed by atoms with Crippen molar-refractivity contribution in [3.05, 3.63) is 82.1 Å². The third-order valence-electron chi connectivity index (χ3n) is 6.49. The first-order valence-electron chi connectivity index (χ1n) is 13.4. The van der Waals surface area contributed by atoms with E-state index in [-0.39, 0.29) is 34.4 Å². The average molecular weight is 632 g/mol. The van der Waals surface area contributed by atoms with Crippen LogP contribution in [-0.2, 0) is 16.1 Å². The van der Waals surface area contributed by atoms with Crippen LogP contribution in [0.4, 0.5) is 5.69 Å². The van der Waals surface area contributed by atoms with E-state index in [0.29, 0.717) is 65.7 Å². The van der Waals surface area contributed by atoms with Crippen LogP contribution in [0, 0.1) is 5.92 Å². The van der Waals surface area contributed by atoms with Crippen LogP contribution in [0.2, 0.25) is 10.0 Å². The zero-order chi connectivity index (χ0) is 30.2. The van der Waals surface area contributed by atoms with Crippen LogP contribution in [0.25, 0.3) is 0 Å². The van der Waals surface area contributed by atoms with Crippen molar-refractivity contribution in [1.82, 2.24) is 25.0 Å². The maximum Gasteiger partial charge on any atom is 0.254 e. The lowest BCUT2D eigenvalue weighted by Crippen LogP contribution is -2.40. The number of nitrogens with zero attached hydrogens (tertiary/aromatic N) is 4. The minimum atomic E-state index is -0.494. The van der Waals surface area contributed by atoms with E-state index in [1.807, 2.05) is 18.4 Å². The minimum Gasteiger partial charge on any atom is -0.378 e. The Hall–Kier alpha value is -3.38. The summed E-state index contributed by atoms with van der Waals surface area (Å²) in [6.07, 6.45) is 1.70. The summed E-state index contributed by atoms with van der Waals surface area (Å²) in [5.41, 5.74) is 1.32. The van der Waals surface area contributed by atoms with E-state index in [2.05, 4.69) is 27.4 Å². The van der Waals surface area contributed by atoms with E-state index < -0.39 is 6.04 Å². The van der Waals surface area contributed by atoms with Crippen molar-refractivity contribution < 1.29 is 19.1 Å². The predicted octanol–water partition coefficient (Wildman–Crippen LogP) is 5.10. The number of carbonyl (C=O) groups excluding carboxylic acids is 3. The molecule has 4 rings (SSSR count). The molecule has 2 aromatic carbocycles. The number of halogens is 2. The molecule has 2 heterocycles. The van der Waals surface area contributed by atoms with Gasteiger partial charge in [-0.15, -0.1) is 16.8 Å². The number of benzene rings is 2. The molecule has 222 valence electrons. The lowest BCUT2D eigenvalue weighted by molar-refractivity contribution is -0.113. The zero-order valence-electron chi connectivity index (χ0n) is 23.3. The number of morpholine rings is 1. The third kappa shape index (κ3) is 7.91. The van der Waals surface area contributed by atoms with Gasteiger partial charge in [0.15, 0.2) is 11.0 Å². The molecule has 0 unspecified atom stereocenters. The topological polar surface area (TPSA) is 118 Å². The summed E-state index contributed by atoms with van der Waals surface area (Å²) in [5, 5.41) is 15.7. The quantitative estimate of drug-likeness (QED) is 0.223. The number of rotatable bonds is 11. The highest BCUT2D eigenvalue weighted by atomic mass is 35.5. The van der Waals surface area contributed by atoms with Crippen molar-refractivity contribution in [2.75, 3.05) is 37.4 Å². The molecule has 0 bridgehead atoms. The van der Waals surface area contributed by atoms with Gasteiger partial charge < -0.3 is 24.8 Å². The maximum atomic E-state index is 13.1. The molecule has 1 aromatic heterocycles. The fraction of sp³-hybridized carbons (Fsp3) is 0.345. The molecule has 1 fully saturated rings. The highest BCUT2D eigenvalue weighted by molar-refractivity contribution is 7.99. The van der Waals surface area contributed by atoms with E-state index in [1.54, 1.807) is 47.4 Å². The standard InChI is InChI=1S/C29H32Cl2N6O4S/c1-4-10-37-26(25(18(2)3)33-27(39)22-9-8-20(30)16-23(22)31)34-35-29(37)42-17-24(38)32-21-7-5-6-19(15-21)28(40)36-11-13-41-14-12-36/h4-9,15-16,18,25H,1,10-14,17H2,2-3H3,(H,32,38)(H,33,39)/t25-/m1/s1. The van der Waals surface area contributed by atoms with Crippen LogP contribution >= 0.6 is 35.0 Å². The number of ether oxygens (including phenoxy) is 1. The Kier molecular flexibility index (Phi) is 11.0. The van der Waals surface area contributed by atoms with Crippen molar-refractivity contribution in [1.29, 1.82) is 0 Å². The monoisotopic (exact) mass is 630 g/mol. The highest BCUT2D eigenvalue weighted by Crippen LogP contribution is 2.27.